The van der Waals surface area contributed by atoms with Gasteiger partial charge in [0.25, 0.3) is 0 Å². The molecule has 0 amide bonds. The summed E-state index contributed by atoms with van der Waals surface area (Å²) in [5, 5.41) is 1.24. The molecule has 18 heavy (non-hydrogen) atoms. The number of benzene rings is 1. The zero-order valence-corrected chi connectivity index (χ0v) is 11.2. The van der Waals surface area contributed by atoms with E-state index in [9.17, 15) is 0 Å². The van der Waals surface area contributed by atoms with Gasteiger partial charge in [-0.25, -0.2) is 0 Å². The van der Waals surface area contributed by atoms with Gasteiger partial charge in [0.1, 0.15) is 5.75 Å². The molecule has 3 nitrogen and oxygen atoms in total. The van der Waals surface area contributed by atoms with E-state index in [-0.39, 0.29) is 5.60 Å². The Morgan fingerprint density at radius 2 is 2.22 bits per heavy atom. The average Bonchev–Trinajstić information content (AvgIpc) is 2.95. The van der Waals surface area contributed by atoms with E-state index < -0.39 is 0 Å². The molecule has 2 aromatic rings. The highest BCUT2D eigenvalue weighted by Gasteiger charge is 2.34. The van der Waals surface area contributed by atoms with Gasteiger partial charge in [-0.1, -0.05) is 0 Å². The van der Waals surface area contributed by atoms with Gasteiger partial charge in [0.15, 0.2) is 0 Å². The van der Waals surface area contributed by atoms with Crippen LogP contribution in [0.1, 0.15) is 25.3 Å². The Hall–Kier alpha value is -1.48. The summed E-state index contributed by atoms with van der Waals surface area (Å²) in [6, 6.07) is 6.22. The maximum absolute atomic E-state index is 5.97. The summed E-state index contributed by atoms with van der Waals surface area (Å²) in [4.78, 5) is 0. The lowest BCUT2D eigenvalue weighted by Gasteiger charge is -2.22. The number of ether oxygens (including phenoxy) is 2. The van der Waals surface area contributed by atoms with Crippen LogP contribution in [0.3, 0.4) is 0 Å². The predicted molar refractivity (Wildman–Crippen MR) is 72.0 cm³/mol. The molecule has 1 atom stereocenters. The van der Waals surface area contributed by atoms with E-state index in [1.165, 1.54) is 16.5 Å². The second kappa shape index (κ2) is 4.02. The number of hydrogen-bond acceptors (Lipinski definition) is 2. The van der Waals surface area contributed by atoms with Gasteiger partial charge >= 0.3 is 0 Å². The van der Waals surface area contributed by atoms with E-state index in [0.29, 0.717) is 0 Å². The van der Waals surface area contributed by atoms with Crippen molar-refractivity contribution in [3.05, 3.63) is 30.0 Å². The molecule has 1 aromatic heterocycles. The summed E-state index contributed by atoms with van der Waals surface area (Å²) in [5.74, 6) is 0.900. The van der Waals surface area contributed by atoms with E-state index in [0.717, 1.165) is 25.2 Å². The van der Waals surface area contributed by atoms with Crippen LogP contribution in [0.25, 0.3) is 10.9 Å². The molecule has 1 unspecified atom stereocenters. The number of methoxy groups -OCH3 is 1. The third-order valence-electron chi connectivity index (χ3n) is 3.99. The topological polar surface area (TPSA) is 23.4 Å². The van der Waals surface area contributed by atoms with Gasteiger partial charge in [0.2, 0.25) is 0 Å². The number of nitrogens with zero attached hydrogens (tertiary/aromatic N) is 1. The van der Waals surface area contributed by atoms with Crippen molar-refractivity contribution in [1.29, 1.82) is 0 Å². The van der Waals surface area contributed by atoms with Crippen LogP contribution >= 0.6 is 0 Å². The molecular weight excluding hydrogens is 226 g/mol. The van der Waals surface area contributed by atoms with Crippen molar-refractivity contribution in [2.75, 3.05) is 13.7 Å². The van der Waals surface area contributed by atoms with Crippen LogP contribution in [-0.2, 0) is 17.4 Å². The van der Waals surface area contributed by atoms with Crippen molar-refractivity contribution < 1.29 is 9.47 Å². The minimum absolute atomic E-state index is 0.147. The summed E-state index contributed by atoms with van der Waals surface area (Å²) in [7, 11) is 3.79. The van der Waals surface area contributed by atoms with Gasteiger partial charge in [-0.2, -0.15) is 0 Å². The Kier molecular flexibility index (Phi) is 2.59. The molecule has 3 rings (SSSR count). The lowest BCUT2D eigenvalue weighted by Crippen LogP contribution is -2.19. The molecular formula is C15H19NO2. The first-order valence-corrected chi connectivity index (χ1v) is 6.41. The summed E-state index contributed by atoms with van der Waals surface area (Å²) in [6.45, 7) is 3.05. The SMILES string of the molecule is COc1ccc2c(c1)c(C1(C)CCCO1)cn2C. The second-order valence-corrected chi connectivity index (χ2v) is 5.22. The third-order valence-corrected chi connectivity index (χ3v) is 3.99. The molecule has 1 fully saturated rings. The number of fused-ring (bicyclic) bond motifs is 1. The molecule has 0 N–H and O–H groups in total. The molecule has 1 aliphatic rings. The summed E-state index contributed by atoms with van der Waals surface area (Å²) < 4.78 is 13.5. The fourth-order valence-electron chi connectivity index (χ4n) is 2.91. The summed E-state index contributed by atoms with van der Waals surface area (Å²) in [5.41, 5.74) is 2.35. The Bertz CT molecular complexity index is 579. The monoisotopic (exact) mass is 245 g/mol. The van der Waals surface area contributed by atoms with Crippen molar-refractivity contribution in [2.45, 2.75) is 25.4 Å². The highest BCUT2D eigenvalue weighted by Crippen LogP contribution is 2.40. The standard InChI is InChI=1S/C15H19NO2/c1-15(7-4-8-18-15)13-10-16(2)14-6-5-11(17-3)9-12(13)14/h5-6,9-10H,4,7-8H2,1-3H3. The van der Waals surface area contributed by atoms with Crippen molar-refractivity contribution in [3.63, 3.8) is 0 Å². The number of hydrogen-bond donors (Lipinski definition) is 0. The van der Waals surface area contributed by atoms with Crippen molar-refractivity contribution in [1.82, 2.24) is 4.57 Å². The molecule has 0 aliphatic carbocycles. The smallest absolute Gasteiger partial charge is 0.119 e. The molecule has 3 heteroatoms. The molecule has 0 radical (unpaired) electrons. The Labute approximate surface area is 107 Å². The van der Waals surface area contributed by atoms with Crippen molar-refractivity contribution in [3.8, 4) is 5.75 Å². The van der Waals surface area contributed by atoms with Crippen LogP contribution in [-0.4, -0.2) is 18.3 Å². The van der Waals surface area contributed by atoms with E-state index in [1.54, 1.807) is 7.11 Å². The molecule has 1 saturated heterocycles. The van der Waals surface area contributed by atoms with Gasteiger partial charge in [-0.15, -0.1) is 0 Å². The van der Waals surface area contributed by atoms with Gasteiger partial charge in [0.05, 0.1) is 12.7 Å². The minimum Gasteiger partial charge on any atom is -0.497 e. The highest BCUT2D eigenvalue weighted by atomic mass is 16.5. The maximum Gasteiger partial charge on any atom is 0.119 e. The van der Waals surface area contributed by atoms with Crippen molar-refractivity contribution in [2.24, 2.45) is 7.05 Å². The fraction of sp³-hybridized carbons (Fsp3) is 0.467. The van der Waals surface area contributed by atoms with E-state index in [1.807, 2.05) is 6.07 Å². The number of rotatable bonds is 2. The van der Waals surface area contributed by atoms with Crippen LogP contribution in [0.5, 0.6) is 5.75 Å². The molecule has 1 aromatic carbocycles. The maximum atomic E-state index is 5.97. The number of aryl methyl sites for hydroxylation is 1. The molecule has 0 spiro atoms. The molecule has 0 bridgehead atoms. The van der Waals surface area contributed by atoms with Gasteiger partial charge in [0, 0.05) is 36.3 Å². The van der Waals surface area contributed by atoms with E-state index >= 15 is 0 Å². The van der Waals surface area contributed by atoms with Gasteiger partial charge in [-0.05, 0) is 38.0 Å². The lowest BCUT2D eigenvalue weighted by atomic mass is 9.92. The summed E-state index contributed by atoms with van der Waals surface area (Å²) >= 11 is 0. The van der Waals surface area contributed by atoms with Crippen LogP contribution in [0, 0.1) is 0 Å². The van der Waals surface area contributed by atoms with Crippen molar-refractivity contribution >= 4 is 10.9 Å². The molecule has 0 saturated carbocycles. The van der Waals surface area contributed by atoms with Crippen LogP contribution in [0.4, 0.5) is 0 Å². The normalized spacial score (nSPS) is 23.7. The quantitative estimate of drug-likeness (QED) is 0.811. The van der Waals surface area contributed by atoms with E-state index in [2.05, 4.69) is 36.9 Å². The minimum atomic E-state index is -0.147. The van der Waals surface area contributed by atoms with E-state index in [4.69, 9.17) is 9.47 Å². The highest BCUT2D eigenvalue weighted by molar-refractivity contribution is 5.86. The third kappa shape index (κ3) is 1.62. The predicted octanol–water partition coefficient (Wildman–Crippen LogP) is 3.21. The fourth-order valence-corrected chi connectivity index (χ4v) is 2.91. The first-order valence-electron chi connectivity index (χ1n) is 6.41. The average molecular weight is 245 g/mol. The van der Waals surface area contributed by atoms with Gasteiger partial charge < -0.3 is 14.0 Å². The largest absolute Gasteiger partial charge is 0.497 e. The molecule has 96 valence electrons. The molecule has 1 aliphatic heterocycles. The van der Waals surface area contributed by atoms with Crippen LogP contribution < -0.4 is 4.74 Å². The van der Waals surface area contributed by atoms with Crippen LogP contribution in [0.2, 0.25) is 0 Å². The Morgan fingerprint density at radius 3 is 2.89 bits per heavy atom. The second-order valence-electron chi connectivity index (χ2n) is 5.22. The first-order chi connectivity index (χ1) is 8.64. The Morgan fingerprint density at radius 1 is 1.39 bits per heavy atom. The zero-order chi connectivity index (χ0) is 12.8. The first kappa shape index (κ1) is 11.6. The number of aromatic nitrogens is 1. The van der Waals surface area contributed by atoms with Gasteiger partial charge in [-0.3, -0.25) is 0 Å². The summed E-state index contributed by atoms with van der Waals surface area (Å²) in [6.07, 6.45) is 4.41. The molecule has 2 heterocycles. The Balaban J connectivity index is 2.22. The lowest BCUT2D eigenvalue weighted by molar-refractivity contribution is 0.0179. The van der Waals surface area contributed by atoms with Crippen LogP contribution in [0.15, 0.2) is 24.4 Å². The zero-order valence-electron chi connectivity index (χ0n) is 11.2.